The van der Waals surface area contributed by atoms with E-state index in [2.05, 4.69) is 0 Å². The molecule has 10 heteroatoms. The van der Waals surface area contributed by atoms with E-state index in [1.54, 1.807) is 36.1 Å². The molecule has 4 rings (SSSR count). The number of fused-ring (bicyclic) bond motifs is 4. The number of nitrogens with one attached hydrogen (secondary N) is 1. The third-order valence-corrected chi connectivity index (χ3v) is 7.14. The molecule has 2 bridgehead atoms. The van der Waals surface area contributed by atoms with Crippen LogP contribution in [0.25, 0.3) is 6.08 Å². The first kappa shape index (κ1) is 23.5. The van der Waals surface area contributed by atoms with Crippen molar-refractivity contribution in [3.63, 3.8) is 0 Å². The minimum Gasteiger partial charge on any atom is -0.396 e. The van der Waals surface area contributed by atoms with Gasteiger partial charge in [-0.2, -0.15) is 13.2 Å². The van der Waals surface area contributed by atoms with E-state index in [4.69, 9.17) is 0 Å². The molecule has 2 N–H and O–H groups in total. The van der Waals surface area contributed by atoms with Crippen molar-refractivity contribution < 1.29 is 27.9 Å². The van der Waals surface area contributed by atoms with E-state index in [-0.39, 0.29) is 23.9 Å². The zero-order valence-corrected chi connectivity index (χ0v) is 18.3. The number of carbonyl (C=O) groups excluding carboxylic acids is 2. The topological polar surface area (TPSA) is 91.6 Å². The summed E-state index contributed by atoms with van der Waals surface area (Å²) in [6.07, 6.45) is 2.06. The van der Waals surface area contributed by atoms with E-state index in [1.165, 1.54) is 4.57 Å². The normalized spacial score (nSPS) is 27.2. The number of carbonyl (C=O) groups is 2. The summed E-state index contributed by atoms with van der Waals surface area (Å²) in [7, 11) is 0. The number of amides is 2. The third-order valence-electron chi connectivity index (χ3n) is 7.14. The van der Waals surface area contributed by atoms with Gasteiger partial charge in [0.05, 0.1) is 18.0 Å². The zero-order chi connectivity index (χ0) is 23.9. The first-order valence-electron chi connectivity index (χ1n) is 11.3. The molecule has 1 saturated carbocycles. The molecule has 33 heavy (non-hydrogen) atoms. The maximum absolute atomic E-state index is 13.5. The molecule has 7 nitrogen and oxygen atoms in total. The maximum Gasteiger partial charge on any atom is 0.405 e. The molecule has 3 aliphatic rings. The van der Waals surface area contributed by atoms with Crippen molar-refractivity contribution in [2.75, 3.05) is 13.2 Å². The number of aromatic nitrogens is 1. The van der Waals surface area contributed by atoms with Gasteiger partial charge in [0.1, 0.15) is 6.54 Å². The lowest BCUT2D eigenvalue weighted by atomic mass is 9.86. The molecule has 2 fully saturated rings. The lowest BCUT2D eigenvalue weighted by molar-refractivity contribution is -0.144. The number of pyridine rings is 1. The number of hydrogen-bond donors (Lipinski definition) is 2. The molecule has 1 aromatic heterocycles. The molecule has 2 amide bonds. The van der Waals surface area contributed by atoms with Crippen LogP contribution in [0, 0.1) is 17.8 Å². The molecule has 0 radical (unpaired) electrons. The van der Waals surface area contributed by atoms with Gasteiger partial charge in [-0.05, 0) is 31.9 Å². The Hall–Kier alpha value is -2.62. The van der Waals surface area contributed by atoms with Crippen LogP contribution in [0.3, 0.4) is 0 Å². The molecule has 0 aromatic carbocycles. The second-order valence-corrected chi connectivity index (χ2v) is 9.07. The van der Waals surface area contributed by atoms with Gasteiger partial charge in [0.2, 0.25) is 11.8 Å². The monoisotopic (exact) mass is 467 g/mol. The Labute approximate surface area is 189 Å². The number of allylic oxidation sites excluding steroid dienone is 1. The number of halogens is 3. The van der Waals surface area contributed by atoms with Gasteiger partial charge in [0, 0.05) is 36.2 Å². The summed E-state index contributed by atoms with van der Waals surface area (Å²) >= 11 is 0. The van der Waals surface area contributed by atoms with Crippen LogP contribution in [0.1, 0.15) is 49.9 Å². The number of alkyl halides is 3. The van der Waals surface area contributed by atoms with E-state index in [0.29, 0.717) is 11.3 Å². The van der Waals surface area contributed by atoms with Crippen LogP contribution in [-0.2, 0) is 16.1 Å². The molecule has 3 heterocycles. The van der Waals surface area contributed by atoms with Gasteiger partial charge in [-0.3, -0.25) is 14.4 Å². The minimum atomic E-state index is -4.59. The Kier molecular flexibility index (Phi) is 6.39. The maximum atomic E-state index is 13.5. The van der Waals surface area contributed by atoms with Crippen LogP contribution in [0.2, 0.25) is 0 Å². The lowest BCUT2D eigenvalue weighted by Crippen LogP contribution is -2.50. The lowest BCUT2D eigenvalue weighted by Gasteiger charge is -2.39. The zero-order valence-electron chi connectivity index (χ0n) is 18.3. The molecular formula is C23H28F3N3O4. The molecule has 180 valence electrons. The van der Waals surface area contributed by atoms with Gasteiger partial charge in [-0.25, -0.2) is 0 Å². The van der Waals surface area contributed by atoms with Crippen molar-refractivity contribution in [2.24, 2.45) is 17.8 Å². The average molecular weight is 467 g/mol. The fraction of sp³-hybridized carbons (Fsp3) is 0.609. The highest BCUT2D eigenvalue weighted by Gasteiger charge is 2.58. The predicted octanol–water partition coefficient (Wildman–Crippen LogP) is 2.24. The highest BCUT2D eigenvalue weighted by molar-refractivity contribution is 5.85. The SMILES string of the molecule is C/C=C/c1ccc2n(c1=O)C[C@H]1[C@H](CO)[C@@H](C(=O)NCC(F)(F)F)[C@@H]2N1C(=O)C1CCCC1. The summed E-state index contributed by atoms with van der Waals surface area (Å²) in [5.41, 5.74) is 0.565. The van der Waals surface area contributed by atoms with E-state index >= 15 is 0 Å². The Balaban J connectivity index is 1.79. The second-order valence-electron chi connectivity index (χ2n) is 9.07. The fourth-order valence-corrected chi connectivity index (χ4v) is 5.72. The number of hydrogen-bond acceptors (Lipinski definition) is 4. The summed E-state index contributed by atoms with van der Waals surface area (Å²) < 4.78 is 39.9. The van der Waals surface area contributed by atoms with Crippen LogP contribution in [-0.4, -0.2) is 51.8 Å². The average Bonchev–Trinajstić information content (AvgIpc) is 3.38. The third kappa shape index (κ3) is 4.20. The summed E-state index contributed by atoms with van der Waals surface area (Å²) in [6.45, 7) is -0.119. The van der Waals surface area contributed by atoms with Gasteiger partial charge in [0.15, 0.2) is 0 Å². The minimum absolute atomic E-state index is 0.0861. The number of nitrogens with zero attached hydrogens (tertiary/aromatic N) is 2. The van der Waals surface area contributed by atoms with Gasteiger partial charge in [-0.15, -0.1) is 0 Å². The van der Waals surface area contributed by atoms with E-state index in [1.807, 2.05) is 5.32 Å². The number of aliphatic hydroxyl groups excluding tert-OH is 1. The van der Waals surface area contributed by atoms with Crippen LogP contribution < -0.4 is 10.9 Å². The standard InChI is InChI=1S/C23H28F3N3O4/c1-2-5-13-8-9-16-19-18(20(31)27-12-23(24,25)26)15(11-30)17(10-28(16)21(13)32)29(19)22(33)14-6-3-4-7-14/h2,5,8-9,14-15,17-19,30H,3-4,6-7,10-12H2,1H3,(H,27,31)/b5-2+/t15-,17-,18+,19+/m0/s1. The first-order valence-corrected chi connectivity index (χ1v) is 11.3. The Bertz CT molecular complexity index is 1010. The smallest absolute Gasteiger partial charge is 0.396 e. The number of aliphatic hydroxyl groups is 1. The van der Waals surface area contributed by atoms with Crippen molar-refractivity contribution in [3.05, 3.63) is 39.8 Å². The van der Waals surface area contributed by atoms with Crippen LogP contribution in [0.4, 0.5) is 13.2 Å². The summed E-state index contributed by atoms with van der Waals surface area (Å²) in [4.78, 5) is 41.2. The van der Waals surface area contributed by atoms with Crippen molar-refractivity contribution in [1.82, 2.24) is 14.8 Å². The molecule has 2 aliphatic heterocycles. The van der Waals surface area contributed by atoms with Crippen LogP contribution >= 0.6 is 0 Å². The largest absolute Gasteiger partial charge is 0.405 e. The van der Waals surface area contributed by atoms with Gasteiger partial charge in [0.25, 0.3) is 5.56 Å². The quantitative estimate of drug-likeness (QED) is 0.695. The Morgan fingerprint density at radius 1 is 1.24 bits per heavy atom. The highest BCUT2D eigenvalue weighted by atomic mass is 19.4. The predicted molar refractivity (Wildman–Crippen MR) is 114 cm³/mol. The van der Waals surface area contributed by atoms with Crippen molar-refractivity contribution in [2.45, 2.75) is 57.4 Å². The fourth-order valence-electron chi connectivity index (χ4n) is 5.72. The highest BCUT2D eigenvalue weighted by Crippen LogP contribution is 2.49. The second kappa shape index (κ2) is 8.96. The molecule has 1 aromatic rings. The Morgan fingerprint density at radius 2 is 1.94 bits per heavy atom. The van der Waals surface area contributed by atoms with E-state index in [0.717, 1.165) is 25.7 Å². The molecule has 0 unspecified atom stereocenters. The molecule has 1 saturated heterocycles. The molecular weight excluding hydrogens is 439 g/mol. The van der Waals surface area contributed by atoms with Crippen molar-refractivity contribution >= 4 is 17.9 Å². The van der Waals surface area contributed by atoms with Crippen LogP contribution in [0.5, 0.6) is 0 Å². The summed E-state index contributed by atoms with van der Waals surface area (Å²) in [6, 6.07) is 1.70. The summed E-state index contributed by atoms with van der Waals surface area (Å²) in [5, 5.41) is 12.1. The molecule has 1 aliphatic carbocycles. The van der Waals surface area contributed by atoms with E-state index in [9.17, 15) is 32.7 Å². The van der Waals surface area contributed by atoms with E-state index < -0.39 is 49.2 Å². The van der Waals surface area contributed by atoms with Crippen molar-refractivity contribution in [1.29, 1.82) is 0 Å². The van der Waals surface area contributed by atoms with Gasteiger partial charge < -0.3 is 19.9 Å². The first-order chi connectivity index (χ1) is 15.7. The molecule has 4 atom stereocenters. The summed E-state index contributed by atoms with van der Waals surface area (Å²) in [5.74, 6) is -3.11. The molecule has 0 spiro atoms. The van der Waals surface area contributed by atoms with Crippen molar-refractivity contribution in [3.8, 4) is 0 Å². The Morgan fingerprint density at radius 3 is 2.55 bits per heavy atom. The van der Waals surface area contributed by atoms with Crippen LogP contribution in [0.15, 0.2) is 23.0 Å². The number of rotatable bonds is 5. The van der Waals surface area contributed by atoms with Gasteiger partial charge >= 0.3 is 6.18 Å². The van der Waals surface area contributed by atoms with Gasteiger partial charge in [-0.1, -0.05) is 25.0 Å².